The predicted octanol–water partition coefficient (Wildman–Crippen LogP) is 3.57. The van der Waals surface area contributed by atoms with E-state index < -0.39 is 0 Å². The molecule has 2 aromatic rings. The van der Waals surface area contributed by atoms with Gasteiger partial charge >= 0.3 is 0 Å². The third-order valence-electron chi connectivity index (χ3n) is 3.20. The van der Waals surface area contributed by atoms with Gasteiger partial charge in [-0.05, 0) is 55.1 Å². The maximum absolute atomic E-state index is 5.27. The van der Waals surface area contributed by atoms with Gasteiger partial charge in [0.25, 0.3) is 0 Å². The average Bonchev–Trinajstić information content (AvgIpc) is 2.82. The van der Waals surface area contributed by atoms with Gasteiger partial charge in [-0.25, -0.2) is 0 Å². The number of methoxy groups -OCH3 is 1. The normalized spacial score (nSPS) is 12.4. The molecule has 0 aliphatic heterocycles. The molecule has 0 fully saturated rings. The van der Waals surface area contributed by atoms with Crippen LogP contribution in [-0.2, 0) is 6.42 Å². The smallest absolute Gasteiger partial charge is 0.119 e. The van der Waals surface area contributed by atoms with E-state index in [2.05, 4.69) is 35.8 Å². The second-order valence-corrected chi connectivity index (χ2v) is 5.45. The monoisotopic (exact) mass is 261 g/mol. The highest BCUT2D eigenvalue weighted by Crippen LogP contribution is 2.26. The van der Waals surface area contributed by atoms with Crippen molar-refractivity contribution >= 4 is 11.3 Å². The van der Waals surface area contributed by atoms with E-state index in [0.717, 1.165) is 12.2 Å². The van der Waals surface area contributed by atoms with Crippen LogP contribution in [-0.4, -0.2) is 14.2 Å². The predicted molar refractivity (Wildman–Crippen MR) is 77.6 cm³/mol. The van der Waals surface area contributed by atoms with Crippen LogP contribution < -0.4 is 10.1 Å². The van der Waals surface area contributed by atoms with Crippen molar-refractivity contribution in [2.75, 3.05) is 14.2 Å². The van der Waals surface area contributed by atoms with E-state index in [1.807, 2.05) is 19.2 Å². The third-order valence-corrected chi connectivity index (χ3v) is 4.06. The molecule has 0 amide bonds. The third kappa shape index (κ3) is 2.92. The lowest BCUT2D eigenvalue weighted by molar-refractivity contribution is 0.414. The summed E-state index contributed by atoms with van der Waals surface area (Å²) in [7, 11) is 3.72. The minimum atomic E-state index is 0.364. The Bertz CT molecular complexity index is 507. The lowest BCUT2D eigenvalue weighted by Gasteiger charge is -2.17. The van der Waals surface area contributed by atoms with Gasteiger partial charge in [0.2, 0.25) is 0 Å². The van der Waals surface area contributed by atoms with Crippen LogP contribution >= 0.6 is 11.3 Å². The summed E-state index contributed by atoms with van der Waals surface area (Å²) in [5.41, 5.74) is 2.68. The topological polar surface area (TPSA) is 21.3 Å². The SMILES string of the molecule is CNC(Cc1cccc(OC)c1)c1ccsc1C. The molecule has 18 heavy (non-hydrogen) atoms. The van der Waals surface area contributed by atoms with Gasteiger partial charge in [-0.1, -0.05) is 12.1 Å². The van der Waals surface area contributed by atoms with Crippen molar-refractivity contribution in [2.45, 2.75) is 19.4 Å². The molecule has 96 valence electrons. The molecule has 2 nitrogen and oxygen atoms in total. The zero-order chi connectivity index (χ0) is 13.0. The van der Waals surface area contributed by atoms with Crippen LogP contribution in [0.5, 0.6) is 5.75 Å². The van der Waals surface area contributed by atoms with Crippen LogP contribution in [0, 0.1) is 6.92 Å². The summed E-state index contributed by atoms with van der Waals surface area (Å²) < 4.78 is 5.27. The number of hydrogen-bond acceptors (Lipinski definition) is 3. The Morgan fingerprint density at radius 1 is 1.33 bits per heavy atom. The number of hydrogen-bond donors (Lipinski definition) is 1. The first kappa shape index (κ1) is 13.1. The Balaban J connectivity index is 2.18. The van der Waals surface area contributed by atoms with Gasteiger partial charge in [0.1, 0.15) is 5.75 Å². The van der Waals surface area contributed by atoms with Crippen molar-refractivity contribution in [1.82, 2.24) is 5.32 Å². The van der Waals surface area contributed by atoms with Crippen molar-refractivity contribution in [3.8, 4) is 5.75 Å². The van der Waals surface area contributed by atoms with E-state index >= 15 is 0 Å². The van der Waals surface area contributed by atoms with Crippen LogP contribution in [0.1, 0.15) is 22.0 Å². The Labute approximate surface area is 113 Å². The Morgan fingerprint density at radius 2 is 2.17 bits per heavy atom. The maximum atomic E-state index is 5.27. The summed E-state index contributed by atoms with van der Waals surface area (Å²) in [4.78, 5) is 1.39. The molecule has 0 radical (unpaired) electrons. The van der Waals surface area contributed by atoms with E-state index in [0.29, 0.717) is 6.04 Å². The summed E-state index contributed by atoms with van der Waals surface area (Å²) in [5, 5.41) is 5.55. The van der Waals surface area contributed by atoms with Gasteiger partial charge in [-0.2, -0.15) is 0 Å². The fourth-order valence-corrected chi connectivity index (χ4v) is 2.92. The quantitative estimate of drug-likeness (QED) is 0.888. The van der Waals surface area contributed by atoms with Crippen molar-refractivity contribution in [2.24, 2.45) is 0 Å². The van der Waals surface area contributed by atoms with E-state index in [4.69, 9.17) is 4.74 Å². The number of aryl methyl sites for hydroxylation is 1. The molecular formula is C15H19NOS. The Morgan fingerprint density at radius 3 is 2.78 bits per heavy atom. The van der Waals surface area contributed by atoms with Gasteiger partial charge < -0.3 is 10.1 Å². The van der Waals surface area contributed by atoms with Gasteiger partial charge in [0, 0.05) is 10.9 Å². The first-order chi connectivity index (χ1) is 8.74. The summed E-state index contributed by atoms with van der Waals surface area (Å²) in [6.45, 7) is 2.18. The largest absolute Gasteiger partial charge is 0.497 e. The molecule has 3 heteroatoms. The lowest BCUT2D eigenvalue weighted by Crippen LogP contribution is -2.18. The molecule has 1 heterocycles. The highest BCUT2D eigenvalue weighted by Gasteiger charge is 2.13. The number of nitrogens with one attached hydrogen (secondary N) is 1. The van der Waals surface area contributed by atoms with Crippen molar-refractivity contribution < 1.29 is 4.74 Å². The summed E-state index contributed by atoms with van der Waals surface area (Å²) in [5.74, 6) is 0.921. The molecule has 2 rings (SSSR count). The number of benzene rings is 1. The van der Waals surface area contributed by atoms with E-state index in [1.165, 1.54) is 16.0 Å². The van der Waals surface area contributed by atoms with Crippen LogP contribution in [0.3, 0.4) is 0 Å². The highest BCUT2D eigenvalue weighted by molar-refractivity contribution is 7.10. The minimum absolute atomic E-state index is 0.364. The van der Waals surface area contributed by atoms with Crippen LogP contribution in [0.25, 0.3) is 0 Å². The fourth-order valence-electron chi connectivity index (χ4n) is 2.16. The summed E-state index contributed by atoms with van der Waals surface area (Å²) in [6, 6.07) is 10.8. The summed E-state index contributed by atoms with van der Waals surface area (Å²) >= 11 is 1.80. The van der Waals surface area contributed by atoms with Gasteiger partial charge in [-0.15, -0.1) is 11.3 Å². The molecule has 1 aromatic carbocycles. The zero-order valence-electron chi connectivity index (χ0n) is 11.1. The average molecular weight is 261 g/mol. The summed E-state index contributed by atoms with van der Waals surface area (Å²) in [6.07, 6.45) is 0.977. The van der Waals surface area contributed by atoms with E-state index in [1.54, 1.807) is 18.4 Å². The number of rotatable bonds is 5. The zero-order valence-corrected chi connectivity index (χ0v) is 11.9. The molecule has 0 bridgehead atoms. The molecule has 1 N–H and O–H groups in total. The van der Waals surface area contributed by atoms with Crippen LogP contribution in [0.15, 0.2) is 35.7 Å². The molecular weight excluding hydrogens is 242 g/mol. The molecule has 0 saturated heterocycles. The van der Waals surface area contributed by atoms with Crippen LogP contribution in [0.2, 0.25) is 0 Å². The fraction of sp³-hybridized carbons (Fsp3) is 0.333. The molecule has 0 aliphatic carbocycles. The standard InChI is InChI=1S/C15H19NOS/c1-11-14(7-8-18-11)15(16-2)10-12-5-4-6-13(9-12)17-3/h4-9,15-16H,10H2,1-3H3. The first-order valence-electron chi connectivity index (χ1n) is 6.08. The number of likely N-dealkylation sites (N-methyl/N-ethyl adjacent to an activating group) is 1. The Kier molecular flexibility index (Phi) is 4.39. The maximum Gasteiger partial charge on any atom is 0.119 e. The lowest BCUT2D eigenvalue weighted by atomic mass is 9.99. The number of thiophene rings is 1. The van der Waals surface area contributed by atoms with E-state index in [-0.39, 0.29) is 0 Å². The molecule has 0 aliphatic rings. The van der Waals surface area contributed by atoms with Gasteiger partial charge in [0.05, 0.1) is 7.11 Å². The second-order valence-electron chi connectivity index (χ2n) is 4.33. The molecule has 1 aromatic heterocycles. The van der Waals surface area contributed by atoms with Crippen molar-refractivity contribution in [1.29, 1.82) is 0 Å². The van der Waals surface area contributed by atoms with Crippen molar-refractivity contribution in [3.05, 3.63) is 51.7 Å². The van der Waals surface area contributed by atoms with Gasteiger partial charge in [0.15, 0.2) is 0 Å². The highest BCUT2D eigenvalue weighted by atomic mass is 32.1. The van der Waals surface area contributed by atoms with Crippen molar-refractivity contribution in [3.63, 3.8) is 0 Å². The van der Waals surface area contributed by atoms with Gasteiger partial charge in [-0.3, -0.25) is 0 Å². The minimum Gasteiger partial charge on any atom is -0.497 e. The molecule has 0 saturated carbocycles. The Hall–Kier alpha value is -1.32. The second kappa shape index (κ2) is 6.03. The van der Waals surface area contributed by atoms with Crippen LogP contribution in [0.4, 0.5) is 0 Å². The number of ether oxygens (including phenoxy) is 1. The van der Waals surface area contributed by atoms with E-state index in [9.17, 15) is 0 Å². The molecule has 1 unspecified atom stereocenters. The molecule has 0 spiro atoms. The first-order valence-corrected chi connectivity index (χ1v) is 6.96. The molecule has 1 atom stereocenters.